The molecule has 13 rings (SSSR count). The topological polar surface area (TPSA) is 6.48 Å². The second-order valence-electron chi connectivity index (χ2n) is 18.9. The molecule has 4 aliphatic rings. The Hall–Kier alpha value is -6.94. The molecule has 0 aromatic heterocycles. The van der Waals surface area contributed by atoms with E-state index in [2.05, 4.69) is 218 Å². The molecule has 0 unspecified atom stereocenters. The van der Waals surface area contributed by atoms with Gasteiger partial charge in [-0.05, 0) is 143 Å². The monoisotopic (exact) mass is 824 g/mol. The summed E-state index contributed by atoms with van der Waals surface area (Å²) in [5.74, 6) is 0. The number of para-hydroxylation sites is 4. The molecule has 0 saturated carbocycles. The van der Waals surface area contributed by atoms with Crippen LogP contribution in [0.25, 0.3) is 44.8 Å². The lowest BCUT2D eigenvalue weighted by molar-refractivity contribution is 0.660. The predicted molar refractivity (Wildman–Crippen MR) is 270 cm³/mol. The summed E-state index contributed by atoms with van der Waals surface area (Å²) in [7, 11) is -1.76. The number of benzene rings is 9. The average Bonchev–Trinajstić information content (AvgIpc) is 3.90. The SMILES string of the molecule is CC1(C)c2cc(C=Cc3ccc4c(ccc5cc(N6c7ccccc7[Si]7(CCCC7)c7ccccc76)ccc54)c3)ccc2-c2ccc(N3c4ccccc4Cc4ccccc43)cc21. The molecule has 3 heterocycles. The summed E-state index contributed by atoms with van der Waals surface area (Å²) in [4.78, 5) is 5.01. The first kappa shape index (κ1) is 36.7. The van der Waals surface area contributed by atoms with Crippen molar-refractivity contribution in [2.45, 2.75) is 50.6 Å². The Kier molecular flexibility index (Phi) is 8.02. The molecule has 302 valence electrons. The van der Waals surface area contributed by atoms with Crippen molar-refractivity contribution in [1.82, 2.24) is 0 Å². The summed E-state index contributed by atoms with van der Waals surface area (Å²) in [6, 6.07) is 71.9. The Bertz CT molecular complexity index is 3290. The first-order chi connectivity index (χ1) is 30.9. The lowest BCUT2D eigenvalue weighted by atomic mass is 9.81. The van der Waals surface area contributed by atoms with Crippen LogP contribution in [0.2, 0.25) is 12.1 Å². The van der Waals surface area contributed by atoms with E-state index in [0.717, 1.165) is 6.42 Å². The Morgan fingerprint density at radius 2 is 0.921 bits per heavy atom. The zero-order valence-electron chi connectivity index (χ0n) is 35.9. The van der Waals surface area contributed by atoms with Crippen LogP contribution in [0, 0.1) is 0 Å². The first-order valence-electron chi connectivity index (χ1n) is 22.8. The summed E-state index contributed by atoms with van der Waals surface area (Å²) >= 11 is 0. The average molecular weight is 825 g/mol. The van der Waals surface area contributed by atoms with Crippen molar-refractivity contribution in [1.29, 1.82) is 0 Å². The molecule has 9 aromatic rings. The highest BCUT2D eigenvalue weighted by atomic mass is 28.3. The van der Waals surface area contributed by atoms with Gasteiger partial charge in [0.1, 0.15) is 8.07 Å². The Balaban J connectivity index is 0.799. The van der Waals surface area contributed by atoms with Gasteiger partial charge in [0.2, 0.25) is 0 Å². The number of hydrogen-bond acceptors (Lipinski definition) is 2. The van der Waals surface area contributed by atoms with Gasteiger partial charge in [-0.15, -0.1) is 0 Å². The van der Waals surface area contributed by atoms with Crippen molar-refractivity contribution >= 4 is 86.3 Å². The van der Waals surface area contributed by atoms with E-state index in [4.69, 9.17) is 0 Å². The van der Waals surface area contributed by atoms with Crippen LogP contribution in [-0.4, -0.2) is 8.07 Å². The minimum atomic E-state index is -1.76. The van der Waals surface area contributed by atoms with Crippen molar-refractivity contribution in [2.75, 3.05) is 9.80 Å². The number of anilines is 6. The Morgan fingerprint density at radius 1 is 0.444 bits per heavy atom. The lowest BCUT2D eigenvalue weighted by Crippen LogP contribution is -2.60. The third-order valence-electron chi connectivity index (χ3n) is 15.1. The summed E-state index contributed by atoms with van der Waals surface area (Å²) in [6.45, 7) is 4.78. The molecule has 9 aromatic carbocycles. The van der Waals surface area contributed by atoms with Gasteiger partial charge in [0.15, 0.2) is 0 Å². The van der Waals surface area contributed by atoms with Crippen molar-refractivity contribution in [3.63, 3.8) is 0 Å². The largest absolute Gasteiger partial charge is 0.311 e. The molecule has 0 bridgehead atoms. The normalized spacial score (nSPS) is 16.2. The molecule has 63 heavy (non-hydrogen) atoms. The van der Waals surface area contributed by atoms with E-state index < -0.39 is 8.07 Å². The molecule has 1 fully saturated rings. The van der Waals surface area contributed by atoms with Crippen molar-refractivity contribution in [3.8, 4) is 11.1 Å². The zero-order chi connectivity index (χ0) is 41.9. The maximum atomic E-state index is 2.54. The molecule has 2 nitrogen and oxygen atoms in total. The third kappa shape index (κ3) is 5.49. The fourth-order valence-electron chi connectivity index (χ4n) is 12.1. The molecular formula is C60H48N2Si. The summed E-state index contributed by atoms with van der Waals surface area (Å²) in [6.07, 6.45) is 8.23. The molecule has 3 aliphatic heterocycles. The summed E-state index contributed by atoms with van der Waals surface area (Å²) < 4.78 is 0. The maximum Gasteiger partial charge on any atom is 0.123 e. The number of rotatable bonds is 4. The van der Waals surface area contributed by atoms with Gasteiger partial charge in [-0.3, -0.25) is 0 Å². The number of hydrogen-bond donors (Lipinski definition) is 0. The molecule has 0 amide bonds. The van der Waals surface area contributed by atoms with Gasteiger partial charge < -0.3 is 9.80 Å². The van der Waals surface area contributed by atoms with E-state index in [-0.39, 0.29) is 5.41 Å². The standard InChI is InChI=1S/C60H48N2Si/c1-60(2)52-36-41(24-30-50(52)51-32-28-47(39-53(51)60)61-54-15-5-3-13-44(54)37-45-14-4-6-16-55(45)61)22-21-40-23-29-48-42(35-40)25-26-43-38-46(27-31-49(43)48)62-56-17-7-9-19-58(56)63(33-11-12-34-63)59-20-10-8-18-57(59)62/h3-10,13-32,35-36,38-39H,11-12,33-34,37H2,1-2H3. The smallest absolute Gasteiger partial charge is 0.123 e. The van der Waals surface area contributed by atoms with Crippen LogP contribution in [0.1, 0.15) is 60.1 Å². The van der Waals surface area contributed by atoms with Crippen LogP contribution >= 0.6 is 0 Å². The number of nitrogens with zero attached hydrogens (tertiary/aromatic N) is 2. The van der Waals surface area contributed by atoms with Crippen molar-refractivity contribution < 1.29 is 0 Å². The van der Waals surface area contributed by atoms with Crippen LogP contribution in [0.3, 0.4) is 0 Å². The van der Waals surface area contributed by atoms with E-state index in [9.17, 15) is 0 Å². The second-order valence-corrected chi connectivity index (χ2v) is 23.1. The van der Waals surface area contributed by atoms with Gasteiger partial charge in [-0.25, -0.2) is 0 Å². The Labute approximate surface area is 371 Å². The quantitative estimate of drug-likeness (QED) is 0.0991. The van der Waals surface area contributed by atoms with Gasteiger partial charge in [0.05, 0.1) is 0 Å². The van der Waals surface area contributed by atoms with E-state index in [1.54, 1.807) is 10.4 Å². The third-order valence-corrected chi connectivity index (χ3v) is 20.5. The van der Waals surface area contributed by atoms with Gasteiger partial charge in [-0.2, -0.15) is 0 Å². The molecule has 1 saturated heterocycles. The number of fused-ring (bicyclic) bond motifs is 12. The van der Waals surface area contributed by atoms with E-state index in [1.165, 1.54) is 125 Å². The highest BCUT2D eigenvalue weighted by molar-refractivity contribution is 7.05. The summed E-state index contributed by atoms with van der Waals surface area (Å²) in [5.41, 5.74) is 18.3. The minimum Gasteiger partial charge on any atom is -0.311 e. The van der Waals surface area contributed by atoms with Crippen LogP contribution < -0.4 is 20.2 Å². The molecule has 3 heteroatoms. The van der Waals surface area contributed by atoms with Crippen LogP contribution in [-0.2, 0) is 11.8 Å². The van der Waals surface area contributed by atoms with E-state index >= 15 is 0 Å². The second kappa shape index (κ2) is 13.8. The summed E-state index contributed by atoms with van der Waals surface area (Å²) in [5, 5.41) is 8.37. The molecule has 0 atom stereocenters. The van der Waals surface area contributed by atoms with Crippen LogP contribution in [0.15, 0.2) is 182 Å². The zero-order valence-corrected chi connectivity index (χ0v) is 36.9. The fourth-order valence-corrected chi connectivity index (χ4v) is 17.6. The highest BCUT2D eigenvalue weighted by Gasteiger charge is 2.47. The fraction of sp³-hybridized carbons (Fsp3) is 0.133. The van der Waals surface area contributed by atoms with Gasteiger partial charge in [0, 0.05) is 46.0 Å². The maximum absolute atomic E-state index is 2.54. The molecule has 1 spiro atoms. The van der Waals surface area contributed by atoms with Gasteiger partial charge in [0.25, 0.3) is 0 Å². The molecular weight excluding hydrogens is 777 g/mol. The first-order valence-corrected chi connectivity index (χ1v) is 25.3. The highest BCUT2D eigenvalue weighted by Crippen LogP contribution is 2.52. The van der Waals surface area contributed by atoms with Gasteiger partial charge in [-0.1, -0.05) is 166 Å². The van der Waals surface area contributed by atoms with Crippen LogP contribution in [0.5, 0.6) is 0 Å². The van der Waals surface area contributed by atoms with E-state index in [0.29, 0.717) is 0 Å². The lowest BCUT2D eigenvalue weighted by Gasteiger charge is -2.42. The molecule has 0 N–H and O–H groups in total. The molecule has 0 radical (unpaired) electrons. The van der Waals surface area contributed by atoms with Gasteiger partial charge >= 0.3 is 0 Å². The van der Waals surface area contributed by atoms with Crippen LogP contribution in [0.4, 0.5) is 34.1 Å². The van der Waals surface area contributed by atoms with Crippen molar-refractivity contribution in [3.05, 3.63) is 215 Å². The minimum absolute atomic E-state index is 0.135. The van der Waals surface area contributed by atoms with E-state index in [1.807, 2.05) is 0 Å². The Morgan fingerprint density at radius 3 is 1.59 bits per heavy atom. The molecule has 1 aliphatic carbocycles. The van der Waals surface area contributed by atoms with Crippen molar-refractivity contribution in [2.24, 2.45) is 0 Å². The predicted octanol–water partition coefficient (Wildman–Crippen LogP) is 15.0.